The third-order valence-corrected chi connectivity index (χ3v) is 2.31. The third kappa shape index (κ3) is 1.27. The van der Waals surface area contributed by atoms with Gasteiger partial charge in [0.15, 0.2) is 0 Å². The van der Waals surface area contributed by atoms with E-state index >= 15 is 0 Å². The molecule has 0 saturated carbocycles. The Morgan fingerprint density at radius 1 is 1.00 bits per heavy atom. The Morgan fingerprint density at radius 3 is 2.85 bits per heavy atom. The number of hydrogen-bond donors (Lipinski definition) is 0. The van der Waals surface area contributed by atoms with Crippen LogP contribution in [0.25, 0.3) is 18.2 Å². The molecule has 0 amide bonds. The van der Waals surface area contributed by atoms with Crippen LogP contribution in [-0.2, 0) is 21.7 Å². The van der Waals surface area contributed by atoms with E-state index in [-0.39, 0.29) is 21.7 Å². The van der Waals surface area contributed by atoms with Crippen molar-refractivity contribution in [3.63, 3.8) is 0 Å². The minimum absolute atomic E-state index is 0. The van der Waals surface area contributed by atoms with E-state index < -0.39 is 0 Å². The maximum Gasteiger partial charge on any atom is 0 e. The van der Waals surface area contributed by atoms with E-state index in [1.54, 1.807) is 0 Å². The van der Waals surface area contributed by atoms with Gasteiger partial charge >= 0.3 is 0 Å². The molecule has 0 heterocycles. The Labute approximate surface area is 91.9 Å². The van der Waals surface area contributed by atoms with Gasteiger partial charge in [0.1, 0.15) is 0 Å². The zero-order valence-electron chi connectivity index (χ0n) is 7.04. The van der Waals surface area contributed by atoms with Crippen molar-refractivity contribution in [2.75, 3.05) is 0 Å². The molecule has 0 radical (unpaired) electrons. The van der Waals surface area contributed by atoms with Crippen LogP contribution in [0.5, 0.6) is 0 Å². The molecule has 0 saturated heterocycles. The van der Waals surface area contributed by atoms with Gasteiger partial charge in [0, 0.05) is 21.7 Å². The number of rotatable bonds is 0. The molecule has 60 valence electrons. The Bertz CT molecular complexity index is 469. The molecule has 0 fully saturated rings. The number of benzene rings is 1. The second-order valence-electron chi connectivity index (χ2n) is 3.07. The van der Waals surface area contributed by atoms with Gasteiger partial charge in [-0.25, -0.2) is 0 Å². The Morgan fingerprint density at radius 2 is 1.92 bits per heavy atom. The molecular weight excluding hydrogens is 192 g/mol. The van der Waals surface area contributed by atoms with Gasteiger partial charge in [-0.3, -0.25) is 0 Å². The topological polar surface area (TPSA) is 0 Å². The largest absolute Gasteiger partial charge is 0.168 e. The van der Waals surface area contributed by atoms with E-state index in [9.17, 15) is 0 Å². The molecule has 1 aromatic carbocycles. The van der Waals surface area contributed by atoms with Gasteiger partial charge in [-0.15, -0.1) is 17.4 Å². The molecule has 0 nitrogen and oxygen atoms in total. The van der Waals surface area contributed by atoms with E-state index in [0.717, 1.165) is 0 Å². The summed E-state index contributed by atoms with van der Waals surface area (Å²) in [4.78, 5) is 0. The molecular formula is C12H7Ti-. The van der Waals surface area contributed by atoms with Crippen molar-refractivity contribution in [1.29, 1.82) is 0 Å². The molecule has 2 aliphatic rings. The number of allylic oxidation sites excluding steroid dienone is 2. The third-order valence-electron chi connectivity index (χ3n) is 2.31. The fourth-order valence-electron chi connectivity index (χ4n) is 1.68. The molecule has 0 unspecified atom stereocenters. The second-order valence-corrected chi connectivity index (χ2v) is 3.07. The average Bonchev–Trinajstić information content (AvgIpc) is 2.64. The summed E-state index contributed by atoms with van der Waals surface area (Å²) in [6.07, 6.45) is 13.6. The molecule has 0 bridgehead atoms. The van der Waals surface area contributed by atoms with Gasteiger partial charge < -0.3 is 0 Å². The summed E-state index contributed by atoms with van der Waals surface area (Å²) in [5, 5.41) is 2.60. The van der Waals surface area contributed by atoms with Crippen molar-refractivity contribution in [3.05, 3.63) is 51.9 Å². The average molecular weight is 199 g/mol. The molecule has 3 rings (SSSR count). The summed E-state index contributed by atoms with van der Waals surface area (Å²) >= 11 is 0. The van der Waals surface area contributed by atoms with Crippen LogP contribution in [0, 0.1) is 6.08 Å². The monoisotopic (exact) mass is 199 g/mol. The van der Waals surface area contributed by atoms with Crippen LogP contribution >= 0.6 is 0 Å². The summed E-state index contributed by atoms with van der Waals surface area (Å²) in [6.45, 7) is 0. The van der Waals surface area contributed by atoms with Crippen molar-refractivity contribution < 1.29 is 21.7 Å². The second kappa shape index (κ2) is 3.13. The van der Waals surface area contributed by atoms with Crippen LogP contribution in [0.2, 0.25) is 0 Å². The van der Waals surface area contributed by atoms with Crippen LogP contribution in [0.3, 0.4) is 0 Å². The molecule has 0 N–H and O–H groups in total. The van der Waals surface area contributed by atoms with Gasteiger partial charge in [0.05, 0.1) is 0 Å². The van der Waals surface area contributed by atoms with Crippen LogP contribution in [0.4, 0.5) is 0 Å². The van der Waals surface area contributed by atoms with Crippen LogP contribution in [0.1, 0.15) is 11.1 Å². The van der Waals surface area contributed by atoms with Crippen molar-refractivity contribution in [3.8, 4) is 0 Å². The van der Waals surface area contributed by atoms with Crippen LogP contribution in [0.15, 0.2) is 24.3 Å². The molecule has 1 aromatic rings. The van der Waals surface area contributed by atoms with E-state index in [2.05, 4.69) is 42.5 Å². The predicted octanol–water partition coefficient (Wildman–Crippen LogP) is 0.993. The molecule has 1 heteroatoms. The van der Waals surface area contributed by atoms with Crippen molar-refractivity contribution in [2.45, 2.75) is 0 Å². The Kier molecular flexibility index (Phi) is 2.11. The first-order valence-corrected chi connectivity index (χ1v) is 4.06. The van der Waals surface area contributed by atoms with E-state index in [0.29, 0.717) is 0 Å². The summed E-state index contributed by atoms with van der Waals surface area (Å²) < 4.78 is 0. The zero-order chi connectivity index (χ0) is 7.97. The summed E-state index contributed by atoms with van der Waals surface area (Å²) in [5.41, 5.74) is 2.54. The van der Waals surface area contributed by atoms with E-state index in [1.807, 2.05) is 6.08 Å². The first-order valence-electron chi connectivity index (χ1n) is 4.06. The smallest absolute Gasteiger partial charge is 0 e. The van der Waals surface area contributed by atoms with Crippen molar-refractivity contribution in [2.24, 2.45) is 0 Å². The van der Waals surface area contributed by atoms with Gasteiger partial charge in [0.25, 0.3) is 0 Å². The quantitative estimate of drug-likeness (QED) is 0.431. The van der Waals surface area contributed by atoms with E-state index in [4.69, 9.17) is 0 Å². The maximum absolute atomic E-state index is 3.20. The minimum Gasteiger partial charge on any atom is -0.168 e. The molecule has 13 heavy (non-hydrogen) atoms. The standard InChI is InChI=1S/C12H7.Ti/c1-3-9-7-11-5-2-6-12(11)8-10(9)4-1;/h1-5,7-8H;/q-1;. The van der Waals surface area contributed by atoms with Crippen molar-refractivity contribution >= 4 is 18.2 Å². The molecule has 0 atom stereocenters. The molecule has 0 aliphatic heterocycles. The zero-order valence-corrected chi connectivity index (χ0v) is 8.60. The summed E-state index contributed by atoms with van der Waals surface area (Å²) in [6, 6.07) is 4.39. The Balaban J connectivity index is 0.000000653. The summed E-state index contributed by atoms with van der Waals surface area (Å²) in [5.74, 6) is 0. The first-order chi connectivity index (χ1) is 5.93. The molecule has 0 spiro atoms. The van der Waals surface area contributed by atoms with Gasteiger partial charge in [-0.05, 0) is 5.56 Å². The van der Waals surface area contributed by atoms with Gasteiger partial charge in [0.2, 0.25) is 0 Å². The SMILES string of the molecule is [C-]1=CC=c2cc3c(cc21)=CC=C3.[Ti]. The normalized spacial score (nSPS) is 14.2. The van der Waals surface area contributed by atoms with Gasteiger partial charge in [-0.2, -0.15) is 17.7 Å². The van der Waals surface area contributed by atoms with Crippen molar-refractivity contribution in [1.82, 2.24) is 0 Å². The Hall–Kier alpha value is -0.846. The molecule has 0 aromatic heterocycles. The number of hydrogen-bond acceptors (Lipinski definition) is 0. The maximum atomic E-state index is 3.20. The first kappa shape index (κ1) is 8.74. The number of fused-ring (bicyclic) bond motifs is 2. The van der Waals surface area contributed by atoms with E-state index in [1.165, 1.54) is 21.6 Å². The van der Waals surface area contributed by atoms with Gasteiger partial charge in [-0.1, -0.05) is 29.5 Å². The summed E-state index contributed by atoms with van der Waals surface area (Å²) in [7, 11) is 0. The van der Waals surface area contributed by atoms with Crippen LogP contribution in [-0.4, -0.2) is 0 Å². The molecule has 2 aliphatic carbocycles. The fourth-order valence-corrected chi connectivity index (χ4v) is 1.68. The minimum atomic E-state index is 0. The van der Waals surface area contributed by atoms with Crippen LogP contribution < -0.4 is 10.4 Å². The fraction of sp³-hybridized carbons (Fsp3) is 0. The predicted molar refractivity (Wildman–Crippen MR) is 50.6 cm³/mol.